The number of hydrogen-bond acceptors (Lipinski definition) is 7. The molecule has 2 saturated heterocycles. The molecule has 2 fully saturated rings. The van der Waals surface area contributed by atoms with Gasteiger partial charge in [0.15, 0.2) is 0 Å². The lowest BCUT2D eigenvalue weighted by Crippen LogP contribution is -2.43. The molecule has 0 saturated carbocycles. The third-order valence-corrected chi connectivity index (χ3v) is 7.32. The number of hydrogen-bond donors (Lipinski definition) is 2. The number of nitro benzene ring substituents is 1. The monoisotopic (exact) mass is 594 g/mol. The number of alkyl halides is 2. The quantitative estimate of drug-likeness (QED) is 0.373. The summed E-state index contributed by atoms with van der Waals surface area (Å²) in [6.45, 7) is 3.65. The molecule has 0 aliphatic carbocycles. The summed E-state index contributed by atoms with van der Waals surface area (Å²) in [6.07, 6.45) is 3.73. The summed E-state index contributed by atoms with van der Waals surface area (Å²) < 4.78 is 30.7. The summed E-state index contributed by atoms with van der Waals surface area (Å²) in [5.41, 5.74) is -0.184. The normalized spacial score (nSPS) is 22.7. The largest absolute Gasteiger partial charge is 0.387 e. The van der Waals surface area contributed by atoms with Gasteiger partial charge in [0.2, 0.25) is 0 Å². The van der Waals surface area contributed by atoms with Gasteiger partial charge in [-0.05, 0) is 30.4 Å². The molecule has 3 atom stereocenters. The van der Waals surface area contributed by atoms with Crippen LogP contribution in [0.3, 0.4) is 0 Å². The van der Waals surface area contributed by atoms with E-state index in [0.717, 1.165) is 11.3 Å². The number of nitro groups is 1. The predicted octanol–water partition coefficient (Wildman–Crippen LogP) is 4.48. The van der Waals surface area contributed by atoms with Crippen molar-refractivity contribution in [3.05, 3.63) is 56.3 Å². The number of anilines is 2. The zero-order chi connectivity index (χ0) is 27.8. The lowest BCUT2D eigenvalue weighted by Gasteiger charge is -2.35. The van der Waals surface area contributed by atoms with Crippen LogP contribution in [0, 0.1) is 22.0 Å². The summed E-state index contributed by atoms with van der Waals surface area (Å²) in [5, 5.41) is 17.4. The first-order valence-corrected chi connectivity index (χ1v) is 13.0. The van der Waals surface area contributed by atoms with Crippen LogP contribution < -0.4 is 10.6 Å². The topological polar surface area (TPSA) is 121 Å². The van der Waals surface area contributed by atoms with Gasteiger partial charge < -0.3 is 20.4 Å². The molecule has 2 aliphatic heterocycles. The molecule has 10 nitrogen and oxygen atoms in total. The van der Waals surface area contributed by atoms with Gasteiger partial charge in [-0.15, -0.1) is 0 Å². The molecule has 13 heteroatoms. The summed E-state index contributed by atoms with van der Waals surface area (Å²) >= 11 is 3.22. The van der Waals surface area contributed by atoms with Gasteiger partial charge in [0.05, 0.1) is 28.3 Å². The molecular formula is C25H29BrF2N6O4. The van der Waals surface area contributed by atoms with Gasteiger partial charge in [0, 0.05) is 49.6 Å². The molecule has 3 heterocycles. The zero-order valence-corrected chi connectivity index (χ0v) is 22.8. The average molecular weight is 595 g/mol. The van der Waals surface area contributed by atoms with Crippen molar-refractivity contribution in [3.63, 3.8) is 0 Å². The highest BCUT2D eigenvalue weighted by atomic mass is 79.9. The van der Waals surface area contributed by atoms with Crippen molar-refractivity contribution in [2.24, 2.45) is 11.8 Å². The van der Waals surface area contributed by atoms with E-state index < -0.39 is 47.5 Å². The van der Waals surface area contributed by atoms with E-state index >= 15 is 8.78 Å². The van der Waals surface area contributed by atoms with Gasteiger partial charge in [-0.25, -0.2) is 8.78 Å². The number of amides is 2. The second kappa shape index (κ2) is 10.8. The number of rotatable bonds is 6. The number of nitrogens with one attached hydrogen (secondary N) is 2. The molecule has 2 aliphatic rings. The molecule has 38 heavy (non-hydrogen) atoms. The molecule has 2 N–H and O–H groups in total. The van der Waals surface area contributed by atoms with Crippen LogP contribution >= 0.6 is 15.9 Å². The van der Waals surface area contributed by atoms with Crippen molar-refractivity contribution >= 4 is 44.8 Å². The zero-order valence-electron chi connectivity index (χ0n) is 21.2. The second-order valence-corrected chi connectivity index (χ2v) is 11.0. The average Bonchev–Trinajstić information content (AvgIpc) is 3.16. The van der Waals surface area contributed by atoms with Crippen LogP contribution in [0.4, 0.5) is 25.8 Å². The second-order valence-electron chi connectivity index (χ2n) is 10.1. The van der Waals surface area contributed by atoms with Gasteiger partial charge >= 0.3 is 0 Å². The molecule has 0 bridgehead atoms. The first-order chi connectivity index (χ1) is 17.9. The van der Waals surface area contributed by atoms with Crippen LogP contribution in [0.5, 0.6) is 0 Å². The first kappa shape index (κ1) is 27.7. The van der Waals surface area contributed by atoms with Crippen molar-refractivity contribution in [2.75, 3.05) is 43.9 Å². The van der Waals surface area contributed by atoms with Gasteiger partial charge in [-0.3, -0.25) is 24.7 Å². The third-order valence-electron chi connectivity index (χ3n) is 6.86. The van der Waals surface area contributed by atoms with E-state index in [2.05, 4.69) is 31.5 Å². The van der Waals surface area contributed by atoms with Crippen molar-refractivity contribution in [3.8, 4) is 0 Å². The van der Waals surface area contributed by atoms with Gasteiger partial charge in [-0.1, -0.05) is 29.8 Å². The van der Waals surface area contributed by atoms with Gasteiger partial charge in [0.1, 0.15) is 11.7 Å². The van der Waals surface area contributed by atoms with E-state index in [1.807, 2.05) is 13.8 Å². The number of likely N-dealkylation sites (tertiary alicyclic amines) is 2. The number of benzene rings is 1. The lowest BCUT2D eigenvalue weighted by molar-refractivity contribution is -0.384. The number of aromatic nitrogens is 1. The summed E-state index contributed by atoms with van der Waals surface area (Å²) in [6, 6.07) is 2.43. The van der Waals surface area contributed by atoms with Gasteiger partial charge in [0.25, 0.3) is 23.4 Å². The molecule has 2 aromatic rings. The Balaban J connectivity index is 1.66. The lowest BCUT2D eigenvalue weighted by atomic mass is 9.91. The molecule has 1 aromatic heterocycles. The number of pyridine rings is 1. The van der Waals surface area contributed by atoms with E-state index in [-0.39, 0.29) is 33.1 Å². The molecule has 2 amide bonds. The fourth-order valence-electron chi connectivity index (χ4n) is 5.20. The summed E-state index contributed by atoms with van der Waals surface area (Å²) in [4.78, 5) is 44.3. The maximum Gasteiger partial charge on any atom is 0.294 e. The van der Waals surface area contributed by atoms with Crippen LogP contribution in [0.2, 0.25) is 0 Å². The van der Waals surface area contributed by atoms with Crippen LogP contribution in [-0.4, -0.2) is 76.7 Å². The Hall–Kier alpha value is -3.35. The van der Waals surface area contributed by atoms with E-state index in [1.54, 1.807) is 11.9 Å². The number of halogens is 3. The fourth-order valence-corrected chi connectivity index (χ4v) is 5.64. The number of carbonyl (C=O) groups is 2. The predicted molar refractivity (Wildman–Crippen MR) is 142 cm³/mol. The maximum absolute atomic E-state index is 15.2. The third kappa shape index (κ3) is 5.71. The van der Waals surface area contributed by atoms with E-state index in [4.69, 9.17) is 0 Å². The van der Waals surface area contributed by atoms with Gasteiger partial charge in [-0.2, -0.15) is 0 Å². The van der Waals surface area contributed by atoms with E-state index in [1.165, 1.54) is 30.6 Å². The van der Waals surface area contributed by atoms with Crippen LogP contribution in [0.1, 0.15) is 41.0 Å². The van der Waals surface area contributed by atoms with Crippen LogP contribution in [0.15, 0.2) is 35.1 Å². The van der Waals surface area contributed by atoms with Crippen molar-refractivity contribution < 1.29 is 23.3 Å². The van der Waals surface area contributed by atoms with Crippen molar-refractivity contribution in [1.29, 1.82) is 0 Å². The molecule has 0 unspecified atom stereocenters. The minimum absolute atomic E-state index is 0.0705. The smallest absolute Gasteiger partial charge is 0.294 e. The highest BCUT2D eigenvalue weighted by Gasteiger charge is 2.51. The molecule has 4 rings (SSSR count). The minimum Gasteiger partial charge on any atom is -0.387 e. The molecule has 0 spiro atoms. The Kier molecular flexibility index (Phi) is 7.86. The van der Waals surface area contributed by atoms with Crippen molar-refractivity contribution in [2.45, 2.75) is 32.2 Å². The Morgan fingerprint density at radius 3 is 2.42 bits per heavy atom. The number of nitrogens with zero attached hydrogens (tertiary/aromatic N) is 4. The first-order valence-electron chi connectivity index (χ1n) is 12.2. The molecule has 1 aromatic carbocycles. The van der Waals surface area contributed by atoms with Crippen LogP contribution in [-0.2, 0) is 0 Å². The SMILES string of the molecule is CNc1cncc(C(=O)N2C[C@H](Nc3c(C(=O)N4C[C@H](C)C[C@@H](C)C4)cc(Br)cc3[N+](=O)[O-])C(F)(F)C2)c1. The van der Waals surface area contributed by atoms with E-state index in [0.29, 0.717) is 18.8 Å². The standard InChI is InChI=1S/C25H29BrF2N6O4/c1-14-4-15(2)11-32(10-14)24(36)19-6-17(26)7-20(34(37)38)22(19)31-21-12-33(13-25(21,27)28)23(35)16-5-18(29-3)9-30-8-16/h5-9,14-15,21,29,31H,4,10-13H2,1-3H3/t14-,15-,21+/m1/s1. The van der Waals surface area contributed by atoms with E-state index in [9.17, 15) is 19.7 Å². The summed E-state index contributed by atoms with van der Waals surface area (Å²) in [7, 11) is 1.64. The number of piperidine rings is 1. The summed E-state index contributed by atoms with van der Waals surface area (Å²) in [5.74, 6) is -4.07. The fraction of sp³-hybridized carbons (Fsp3) is 0.480. The highest BCUT2D eigenvalue weighted by molar-refractivity contribution is 9.10. The molecule has 0 radical (unpaired) electrons. The Morgan fingerprint density at radius 1 is 1.11 bits per heavy atom. The highest BCUT2D eigenvalue weighted by Crippen LogP contribution is 2.38. The Bertz CT molecular complexity index is 1250. The molecule has 204 valence electrons. The Labute approximate surface area is 227 Å². The van der Waals surface area contributed by atoms with Crippen molar-refractivity contribution in [1.82, 2.24) is 14.8 Å². The van der Waals surface area contributed by atoms with Crippen LogP contribution in [0.25, 0.3) is 0 Å². The molecular weight excluding hydrogens is 566 g/mol. The minimum atomic E-state index is -3.42. The maximum atomic E-state index is 15.2. The number of carbonyl (C=O) groups excluding carboxylic acids is 2. The Morgan fingerprint density at radius 2 is 1.79 bits per heavy atom.